The molecule has 0 aromatic carbocycles. The molecule has 0 aliphatic carbocycles. The van der Waals surface area contributed by atoms with E-state index in [0.29, 0.717) is 11.3 Å². The van der Waals surface area contributed by atoms with E-state index >= 15 is 0 Å². The van der Waals surface area contributed by atoms with E-state index in [1.807, 2.05) is 20.8 Å². The lowest BCUT2D eigenvalue weighted by Crippen LogP contribution is -2.42. The van der Waals surface area contributed by atoms with Gasteiger partial charge in [0.25, 0.3) is 0 Å². The molecule has 0 aromatic heterocycles. The van der Waals surface area contributed by atoms with Crippen LogP contribution in [0, 0.1) is 11.3 Å². The summed E-state index contributed by atoms with van der Waals surface area (Å²) in [6.07, 6.45) is -4.01. The van der Waals surface area contributed by atoms with E-state index < -0.39 is 31.1 Å². The van der Waals surface area contributed by atoms with E-state index in [9.17, 15) is 22.8 Å². The minimum Gasteiger partial charge on any atom is -0.480 e. The minimum absolute atomic E-state index is 0.0403. The van der Waals surface area contributed by atoms with Gasteiger partial charge in [-0.25, -0.2) is 0 Å². The van der Waals surface area contributed by atoms with Crippen LogP contribution < -0.4 is 0 Å². The van der Waals surface area contributed by atoms with Crippen LogP contribution in [0.1, 0.15) is 40.5 Å². The van der Waals surface area contributed by atoms with E-state index in [4.69, 9.17) is 5.11 Å². The largest absolute Gasteiger partial charge is 0.480 e. The highest BCUT2D eigenvalue weighted by molar-refractivity contribution is 5.81. The fourth-order valence-corrected chi connectivity index (χ4v) is 2.16. The third-order valence-corrected chi connectivity index (χ3v) is 2.53. The molecule has 0 fully saturated rings. The Bertz CT molecular complexity index is 348. The van der Waals surface area contributed by atoms with Crippen molar-refractivity contribution in [3.05, 3.63) is 0 Å². The number of hydrogen-bond donors (Lipinski definition) is 1. The molecule has 0 saturated heterocycles. The van der Waals surface area contributed by atoms with Gasteiger partial charge in [0.1, 0.15) is 13.1 Å². The first-order valence-corrected chi connectivity index (χ1v) is 6.36. The van der Waals surface area contributed by atoms with Gasteiger partial charge in [-0.2, -0.15) is 13.2 Å². The molecule has 20 heavy (non-hydrogen) atoms. The van der Waals surface area contributed by atoms with Gasteiger partial charge in [-0.1, -0.05) is 27.7 Å². The standard InChI is InChI=1S/C13H22F3NO3/c1-9(6-12(2,3)4)5-10(18)17(7-11(19)20)8-13(14,15)16/h9H,5-8H2,1-4H3,(H,19,20). The van der Waals surface area contributed by atoms with Gasteiger partial charge in [0, 0.05) is 6.42 Å². The first kappa shape index (κ1) is 18.7. The Balaban J connectivity index is 4.66. The van der Waals surface area contributed by atoms with Crippen LogP contribution in [-0.2, 0) is 9.59 Å². The van der Waals surface area contributed by atoms with Gasteiger partial charge in [0.05, 0.1) is 0 Å². The van der Waals surface area contributed by atoms with Crippen LogP contribution in [0.5, 0.6) is 0 Å². The molecule has 0 spiro atoms. The van der Waals surface area contributed by atoms with Crippen LogP contribution >= 0.6 is 0 Å². The maximum Gasteiger partial charge on any atom is 0.406 e. The number of carboxylic acids is 1. The first-order valence-electron chi connectivity index (χ1n) is 6.36. The summed E-state index contributed by atoms with van der Waals surface area (Å²) in [5.41, 5.74) is -0.0403. The zero-order chi connectivity index (χ0) is 16.1. The van der Waals surface area contributed by atoms with Crippen LogP contribution in [0.3, 0.4) is 0 Å². The summed E-state index contributed by atoms with van der Waals surface area (Å²) in [5.74, 6) is -2.33. The zero-order valence-corrected chi connectivity index (χ0v) is 12.3. The SMILES string of the molecule is CC(CC(=O)N(CC(=O)O)CC(F)(F)F)CC(C)(C)C. The highest BCUT2D eigenvalue weighted by Gasteiger charge is 2.34. The number of aliphatic carboxylic acids is 1. The molecule has 0 saturated carbocycles. The van der Waals surface area contributed by atoms with Crippen molar-refractivity contribution in [2.45, 2.75) is 46.7 Å². The Morgan fingerprint density at radius 3 is 2.05 bits per heavy atom. The topological polar surface area (TPSA) is 57.6 Å². The molecule has 0 radical (unpaired) electrons. The van der Waals surface area contributed by atoms with Crippen LogP contribution in [-0.4, -0.2) is 41.1 Å². The second-order valence-electron chi connectivity index (χ2n) is 6.33. The number of carboxylic acid groups (broad SMARTS) is 1. The second-order valence-corrected chi connectivity index (χ2v) is 6.33. The molecule has 4 nitrogen and oxygen atoms in total. The molecule has 0 bridgehead atoms. The molecule has 1 unspecified atom stereocenters. The number of amides is 1. The van der Waals surface area contributed by atoms with Crippen molar-refractivity contribution in [3.8, 4) is 0 Å². The quantitative estimate of drug-likeness (QED) is 0.820. The van der Waals surface area contributed by atoms with Crippen molar-refractivity contribution in [2.24, 2.45) is 11.3 Å². The molecule has 1 atom stereocenters. The van der Waals surface area contributed by atoms with E-state index in [2.05, 4.69) is 0 Å². The number of nitrogens with zero attached hydrogens (tertiary/aromatic N) is 1. The molecule has 118 valence electrons. The molecule has 0 heterocycles. The first-order chi connectivity index (χ1) is 8.80. The van der Waals surface area contributed by atoms with Gasteiger partial charge in [-0.3, -0.25) is 9.59 Å². The van der Waals surface area contributed by atoms with Crippen LogP contribution in [0.2, 0.25) is 0 Å². The minimum atomic E-state index is -4.60. The smallest absolute Gasteiger partial charge is 0.406 e. The van der Waals surface area contributed by atoms with Gasteiger partial charge < -0.3 is 10.0 Å². The van der Waals surface area contributed by atoms with Crippen molar-refractivity contribution in [2.75, 3.05) is 13.1 Å². The summed E-state index contributed by atoms with van der Waals surface area (Å²) in [5, 5.41) is 8.59. The number of rotatable bonds is 6. The highest BCUT2D eigenvalue weighted by Crippen LogP contribution is 2.26. The lowest BCUT2D eigenvalue weighted by Gasteiger charge is -2.26. The third kappa shape index (κ3) is 9.63. The monoisotopic (exact) mass is 297 g/mol. The van der Waals surface area contributed by atoms with Gasteiger partial charge in [0.2, 0.25) is 5.91 Å². The fraction of sp³-hybridized carbons (Fsp3) is 0.846. The fourth-order valence-electron chi connectivity index (χ4n) is 2.16. The summed E-state index contributed by atoms with van der Waals surface area (Å²) >= 11 is 0. The van der Waals surface area contributed by atoms with Crippen molar-refractivity contribution in [3.63, 3.8) is 0 Å². The maximum absolute atomic E-state index is 12.3. The Hall–Kier alpha value is -1.27. The number of halogens is 3. The molecule has 1 amide bonds. The number of carbonyl (C=O) groups is 2. The average Bonchev–Trinajstić information content (AvgIpc) is 2.09. The number of alkyl halides is 3. The Morgan fingerprint density at radius 1 is 1.20 bits per heavy atom. The van der Waals surface area contributed by atoms with E-state index in [-0.39, 0.29) is 17.8 Å². The Kier molecular flexibility index (Phi) is 6.50. The second kappa shape index (κ2) is 6.95. The molecule has 0 aliphatic heterocycles. The normalized spacial score (nSPS) is 13.9. The summed E-state index contributed by atoms with van der Waals surface area (Å²) in [6, 6.07) is 0. The molecule has 0 aromatic rings. The maximum atomic E-state index is 12.3. The van der Waals surface area contributed by atoms with Gasteiger partial charge >= 0.3 is 12.1 Å². The van der Waals surface area contributed by atoms with Crippen molar-refractivity contribution in [1.82, 2.24) is 4.90 Å². The van der Waals surface area contributed by atoms with E-state index in [0.717, 1.165) is 0 Å². The summed E-state index contributed by atoms with van der Waals surface area (Å²) in [6.45, 7) is 5.23. The summed E-state index contributed by atoms with van der Waals surface area (Å²) < 4.78 is 37.0. The lowest BCUT2D eigenvalue weighted by molar-refractivity contribution is -0.166. The van der Waals surface area contributed by atoms with Crippen molar-refractivity contribution >= 4 is 11.9 Å². The zero-order valence-electron chi connectivity index (χ0n) is 12.3. The van der Waals surface area contributed by atoms with Crippen LogP contribution in [0.15, 0.2) is 0 Å². The third-order valence-electron chi connectivity index (χ3n) is 2.53. The Labute approximate surface area is 116 Å². The molecular weight excluding hydrogens is 275 g/mol. The number of hydrogen-bond acceptors (Lipinski definition) is 2. The van der Waals surface area contributed by atoms with E-state index in [1.54, 1.807) is 6.92 Å². The molecule has 7 heteroatoms. The predicted octanol–water partition coefficient (Wildman–Crippen LogP) is 2.92. The van der Waals surface area contributed by atoms with Gasteiger partial charge in [0.15, 0.2) is 0 Å². The van der Waals surface area contributed by atoms with Crippen LogP contribution in [0.25, 0.3) is 0 Å². The average molecular weight is 297 g/mol. The highest BCUT2D eigenvalue weighted by atomic mass is 19.4. The van der Waals surface area contributed by atoms with Crippen molar-refractivity contribution in [1.29, 1.82) is 0 Å². The molecule has 0 aliphatic rings. The lowest BCUT2D eigenvalue weighted by atomic mass is 9.84. The summed E-state index contributed by atoms with van der Waals surface area (Å²) in [4.78, 5) is 22.7. The van der Waals surface area contributed by atoms with Gasteiger partial charge in [-0.05, 0) is 17.8 Å². The van der Waals surface area contributed by atoms with E-state index in [1.165, 1.54) is 0 Å². The van der Waals surface area contributed by atoms with Gasteiger partial charge in [-0.15, -0.1) is 0 Å². The molecule has 1 N–H and O–H groups in total. The molecule has 0 rings (SSSR count). The molecular formula is C13H22F3NO3. The Morgan fingerprint density at radius 2 is 1.70 bits per heavy atom. The summed E-state index contributed by atoms with van der Waals surface area (Å²) in [7, 11) is 0. The predicted molar refractivity (Wildman–Crippen MR) is 68.1 cm³/mol. The van der Waals surface area contributed by atoms with Crippen molar-refractivity contribution < 1.29 is 27.9 Å². The number of carbonyl (C=O) groups excluding carboxylic acids is 1. The van der Waals surface area contributed by atoms with Crippen LogP contribution in [0.4, 0.5) is 13.2 Å².